The molecule has 0 saturated carbocycles. The van der Waals surface area contributed by atoms with Crippen molar-refractivity contribution in [1.82, 2.24) is 9.97 Å². The van der Waals surface area contributed by atoms with E-state index >= 15 is 0 Å². The molecule has 0 fully saturated rings. The Labute approximate surface area is 112 Å². The van der Waals surface area contributed by atoms with Crippen LogP contribution in [-0.2, 0) is 19.4 Å². The summed E-state index contributed by atoms with van der Waals surface area (Å²) in [5.74, 6) is 0. The second-order valence-corrected chi connectivity index (χ2v) is 5.29. The summed E-state index contributed by atoms with van der Waals surface area (Å²) in [5.41, 5.74) is 9.20. The first-order valence-corrected chi connectivity index (χ1v) is 7.24. The molecule has 0 radical (unpaired) electrons. The molecule has 3 nitrogen and oxygen atoms in total. The fourth-order valence-corrected chi connectivity index (χ4v) is 3.01. The summed E-state index contributed by atoms with van der Waals surface area (Å²) in [6.45, 7) is 4.88. The van der Waals surface area contributed by atoms with Crippen LogP contribution in [0.4, 0.5) is 0 Å². The molecular weight excluding hydrogens is 242 g/mol. The van der Waals surface area contributed by atoms with Crippen LogP contribution in [0.1, 0.15) is 36.4 Å². The average molecular weight is 261 g/mol. The number of pyridine rings is 1. The van der Waals surface area contributed by atoms with Crippen LogP contribution in [0.5, 0.6) is 0 Å². The molecule has 0 aliphatic heterocycles. The standard InChI is InChI=1S/C14H19N3S/c1-3-6-11-12(9-15)18-14(17-11)13-10(4-2)7-5-8-16-13/h5,7-8H,3-4,6,9,15H2,1-2H3. The number of thiazole rings is 1. The zero-order valence-corrected chi connectivity index (χ0v) is 11.8. The van der Waals surface area contributed by atoms with Crippen LogP contribution >= 0.6 is 11.3 Å². The van der Waals surface area contributed by atoms with Crippen LogP contribution in [0.3, 0.4) is 0 Å². The van der Waals surface area contributed by atoms with E-state index in [0.717, 1.165) is 35.7 Å². The van der Waals surface area contributed by atoms with Crippen LogP contribution in [0, 0.1) is 0 Å². The number of nitrogens with two attached hydrogens (primary N) is 1. The molecule has 2 aromatic rings. The van der Waals surface area contributed by atoms with Crippen LogP contribution in [0.25, 0.3) is 10.7 Å². The van der Waals surface area contributed by atoms with Crippen LogP contribution in [0.15, 0.2) is 18.3 Å². The van der Waals surface area contributed by atoms with Crippen molar-refractivity contribution < 1.29 is 0 Å². The molecule has 4 heteroatoms. The Morgan fingerprint density at radius 3 is 2.83 bits per heavy atom. The van der Waals surface area contributed by atoms with Crippen molar-refractivity contribution in [2.45, 2.75) is 39.7 Å². The third-order valence-electron chi connectivity index (χ3n) is 2.93. The molecule has 0 saturated heterocycles. The predicted octanol–water partition coefficient (Wildman–Crippen LogP) is 3.18. The minimum atomic E-state index is 0.571. The third kappa shape index (κ3) is 2.60. The summed E-state index contributed by atoms with van der Waals surface area (Å²) in [5, 5.41) is 1.01. The molecule has 0 bridgehead atoms. The quantitative estimate of drug-likeness (QED) is 0.899. The Kier molecular flexibility index (Phi) is 4.44. The predicted molar refractivity (Wildman–Crippen MR) is 76.6 cm³/mol. The van der Waals surface area contributed by atoms with E-state index in [1.165, 1.54) is 10.4 Å². The Morgan fingerprint density at radius 2 is 2.17 bits per heavy atom. The Bertz CT molecular complexity index is 520. The lowest BCUT2D eigenvalue weighted by Gasteiger charge is -2.02. The number of nitrogens with zero attached hydrogens (tertiary/aromatic N) is 2. The monoisotopic (exact) mass is 261 g/mol. The van der Waals surface area contributed by atoms with E-state index in [4.69, 9.17) is 10.7 Å². The molecule has 96 valence electrons. The maximum absolute atomic E-state index is 5.79. The van der Waals surface area contributed by atoms with Crippen molar-refractivity contribution in [3.8, 4) is 10.7 Å². The SMILES string of the molecule is CCCc1nc(-c2ncccc2CC)sc1CN. The molecule has 0 amide bonds. The zero-order chi connectivity index (χ0) is 13.0. The molecule has 0 atom stereocenters. The highest BCUT2D eigenvalue weighted by molar-refractivity contribution is 7.15. The van der Waals surface area contributed by atoms with Gasteiger partial charge in [0.2, 0.25) is 0 Å². The fourth-order valence-electron chi connectivity index (χ4n) is 1.99. The molecule has 2 rings (SSSR count). The first kappa shape index (κ1) is 13.2. The van der Waals surface area contributed by atoms with Gasteiger partial charge in [-0.3, -0.25) is 4.98 Å². The van der Waals surface area contributed by atoms with Crippen molar-refractivity contribution in [3.05, 3.63) is 34.5 Å². The van der Waals surface area contributed by atoms with Crippen LogP contribution in [-0.4, -0.2) is 9.97 Å². The minimum Gasteiger partial charge on any atom is -0.326 e. The van der Waals surface area contributed by atoms with Gasteiger partial charge < -0.3 is 5.73 Å². The Hall–Kier alpha value is -1.26. The molecule has 2 heterocycles. The lowest BCUT2D eigenvalue weighted by atomic mass is 10.1. The molecular formula is C14H19N3S. The molecule has 0 aliphatic rings. The lowest BCUT2D eigenvalue weighted by molar-refractivity contribution is 0.871. The highest BCUT2D eigenvalue weighted by Gasteiger charge is 2.13. The molecule has 0 unspecified atom stereocenters. The van der Waals surface area contributed by atoms with Crippen molar-refractivity contribution in [1.29, 1.82) is 0 Å². The molecule has 2 N–H and O–H groups in total. The molecule has 2 aromatic heterocycles. The van der Waals surface area contributed by atoms with Crippen molar-refractivity contribution in [3.63, 3.8) is 0 Å². The van der Waals surface area contributed by atoms with Crippen LogP contribution < -0.4 is 5.73 Å². The van der Waals surface area contributed by atoms with Gasteiger partial charge in [0, 0.05) is 17.6 Å². The third-order valence-corrected chi connectivity index (χ3v) is 4.05. The van der Waals surface area contributed by atoms with Gasteiger partial charge in [-0.2, -0.15) is 0 Å². The first-order valence-electron chi connectivity index (χ1n) is 6.43. The normalized spacial score (nSPS) is 10.8. The molecule has 18 heavy (non-hydrogen) atoms. The average Bonchev–Trinajstić information content (AvgIpc) is 2.82. The number of aromatic nitrogens is 2. The minimum absolute atomic E-state index is 0.571. The van der Waals surface area contributed by atoms with Gasteiger partial charge in [-0.1, -0.05) is 26.3 Å². The fraction of sp³-hybridized carbons (Fsp3) is 0.429. The van der Waals surface area contributed by atoms with E-state index in [1.807, 2.05) is 12.3 Å². The second-order valence-electron chi connectivity index (χ2n) is 4.21. The maximum atomic E-state index is 5.79. The van der Waals surface area contributed by atoms with Gasteiger partial charge in [-0.05, 0) is 24.5 Å². The number of hydrogen-bond acceptors (Lipinski definition) is 4. The summed E-state index contributed by atoms with van der Waals surface area (Å²) in [6.07, 6.45) is 4.90. The smallest absolute Gasteiger partial charge is 0.142 e. The summed E-state index contributed by atoms with van der Waals surface area (Å²) >= 11 is 1.68. The van der Waals surface area contributed by atoms with Gasteiger partial charge in [-0.25, -0.2) is 4.98 Å². The first-order chi connectivity index (χ1) is 8.80. The highest BCUT2D eigenvalue weighted by Crippen LogP contribution is 2.29. The van der Waals surface area contributed by atoms with E-state index in [9.17, 15) is 0 Å². The van der Waals surface area contributed by atoms with Gasteiger partial charge in [0.1, 0.15) is 10.7 Å². The summed E-state index contributed by atoms with van der Waals surface area (Å²) < 4.78 is 0. The van der Waals surface area contributed by atoms with Crippen molar-refractivity contribution in [2.24, 2.45) is 5.73 Å². The highest BCUT2D eigenvalue weighted by atomic mass is 32.1. The Balaban J connectivity index is 2.44. The Morgan fingerprint density at radius 1 is 1.33 bits per heavy atom. The van der Waals surface area contributed by atoms with Crippen molar-refractivity contribution >= 4 is 11.3 Å². The van der Waals surface area contributed by atoms with E-state index in [2.05, 4.69) is 24.9 Å². The zero-order valence-electron chi connectivity index (χ0n) is 10.9. The summed E-state index contributed by atoms with van der Waals surface area (Å²) in [6, 6.07) is 4.10. The van der Waals surface area contributed by atoms with E-state index < -0.39 is 0 Å². The molecule has 0 spiro atoms. The maximum Gasteiger partial charge on any atom is 0.142 e. The van der Waals surface area contributed by atoms with Gasteiger partial charge in [0.05, 0.1) is 5.69 Å². The lowest BCUT2D eigenvalue weighted by Crippen LogP contribution is -1.98. The molecule has 0 aliphatic carbocycles. The molecule has 0 aromatic carbocycles. The van der Waals surface area contributed by atoms with Gasteiger partial charge in [-0.15, -0.1) is 11.3 Å². The van der Waals surface area contributed by atoms with E-state index in [-0.39, 0.29) is 0 Å². The number of aryl methyl sites for hydroxylation is 2. The van der Waals surface area contributed by atoms with E-state index in [1.54, 1.807) is 11.3 Å². The summed E-state index contributed by atoms with van der Waals surface area (Å²) in [7, 11) is 0. The van der Waals surface area contributed by atoms with Gasteiger partial charge in [0.15, 0.2) is 0 Å². The largest absolute Gasteiger partial charge is 0.326 e. The topological polar surface area (TPSA) is 51.8 Å². The van der Waals surface area contributed by atoms with Gasteiger partial charge in [0.25, 0.3) is 0 Å². The summed E-state index contributed by atoms with van der Waals surface area (Å²) in [4.78, 5) is 10.4. The number of hydrogen-bond donors (Lipinski definition) is 1. The van der Waals surface area contributed by atoms with E-state index in [0.29, 0.717) is 6.54 Å². The van der Waals surface area contributed by atoms with Crippen LogP contribution in [0.2, 0.25) is 0 Å². The second kappa shape index (κ2) is 6.07. The number of rotatable bonds is 5. The van der Waals surface area contributed by atoms with Gasteiger partial charge >= 0.3 is 0 Å². The van der Waals surface area contributed by atoms with Crippen molar-refractivity contribution in [2.75, 3.05) is 0 Å².